The van der Waals surface area contributed by atoms with Crippen LogP contribution in [0.4, 0.5) is 0 Å². The molecular formula is C14H17ClN2O. The number of benzene rings is 1. The van der Waals surface area contributed by atoms with E-state index >= 15 is 0 Å². The Bertz CT molecular complexity index is 544. The summed E-state index contributed by atoms with van der Waals surface area (Å²) in [6.45, 7) is 5.65. The fraction of sp³-hybridized carbons (Fsp3) is 0.500. The lowest BCUT2D eigenvalue weighted by atomic mass is 9.92. The molecule has 2 heterocycles. The zero-order valence-corrected chi connectivity index (χ0v) is 11.3. The molecule has 1 aromatic heterocycles. The van der Waals surface area contributed by atoms with Crippen LogP contribution in [0.1, 0.15) is 31.4 Å². The number of rotatable bonds is 2. The summed E-state index contributed by atoms with van der Waals surface area (Å²) in [6, 6.07) is 5.87. The number of likely N-dealkylation sites (tertiary alicyclic amines) is 1. The molecule has 2 aromatic rings. The Morgan fingerprint density at radius 1 is 1.39 bits per heavy atom. The van der Waals surface area contributed by atoms with E-state index in [0.29, 0.717) is 10.9 Å². The van der Waals surface area contributed by atoms with Gasteiger partial charge in [-0.1, -0.05) is 29.7 Å². The molecule has 18 heavy (non-hydrogen) atoms. The Balaban J connectivity index is 1.89. The second kappa shape index (κ2) is 4.90. The van der Waals surface area contributed by atoms with E-state index in [-0.39, 0.29) is 0 Å². The van der Waals surface area contributed by atoms with Gasteiger partial charge in [-0.3, -0.25) is 0 Å². The number of aromatic nitrogens is 1. The van der Waals surface area contributed by atoms with Gasteiger partial charge in [-0.25, -0.2) is 0 Å². The minimum Gasteiger partial charge on any atom is -0.354 e. The molecule has 3 nitrogen and oxygen atoms in total. The maximum atomic E-state index is 6.11. The van der Waals surface area contributed by atoms with Crippen LogP contribution in [0.5, 0.6) is 0 Å². The molecule has 96 valence electrons. The summed E-state index contributed by atoms with van der Waals surface area (Å²) in [4.78, 5) is 2.48. The fourth-order valence-electron chi connectivity index (χ4n) is 2.76. The lowest BCUT2D eigenvalue weighted by Gasteiger charge is -2.29. The third-order valence-electron chi connectivity index (χ3n) is 3.90. The van der Waals surface area contributed by atoms with Gasteiger partial charge in [-0.05, 0) is 44.6 Å². The van der Waals surface area contributed by atoms with E-state index < -0.39 is 0 Å². The van der Waals surface area contributed by atoms with Crippen molar-refractivity contribution in [3.63, 3.8) is 0 Å². The molecule has 0 aliphatic carbocycles. The van der Waals surface area contributed by atoms with Crippen LogP contribution >= 0.6 is 11.6 Å². The summed E-state index contributed by atoms with van der Waals surface area (Å²) in [5, 5.41) is 5.98. The predicted octanol–water partition coefficient (Wildman–Crippen LogP) is 3.68. The van der Waals surface area contributed by atoms with Crippen molar-refractivity contribution in [2.75, 3.05) is 19.6 Å². The standard InChI is InChI=1S/C14H17ClN2O/c1-2-17-8-6-10(7-9-17)13-11-4-3-5-12(15)14(11)18-16-13/h3-5,10H,2,6-9H2,1H3. The number of hydrogen-bond donors (Lipinski definition) is 0. The first-order valence-corrected chi connectivity index (χ1v) is 6.93. The Kier molecular flexibility index (Phi) is 3.27. The molecule has 0 atom stereocenters. The minimum absolute atomic E-state index is 0.507. The van der Waals surface area contributed by atoms with Gasteiger partial charge in [-0.15, -0.1) is 0 Å². The lowest BCUT2D eigenvalue weighted by Crippen LogP contribution is -2.32. The van der Waals surface area contributed by atoms with Crippen molar-refractivity contribution in [1.82, 2.24) is 10.1 Å². The summed E-state index contributed by atoms with van der Waals surface area (Å²) in [5.74, 6) is 0.507. The smallest absolute Gasteiger partial charge is 0.185 e. The molecule has 0 radical (unpaired) electrons. The van der Waals surface area contributed by atoms with Crippen LogP contribution in [0.15, 0.2) is 22.7 Å². The quantitative estimate of drug-likeness (QED) is 0.829. The molecule has 4 heteroatoms. The molecule has 1 aliphatic heterocycles. The molecule has 3 rings (SSSR count). The summed E-state index contributed by atoms with van der Waals surface area (Å²) in [6.07, 6.45) is 2.31. The minimum atomic E-state index is 0.507. The number of piperidine rings is 1. The van der Waals surface area contributed by atoms with Crippen LogP contribution in [0.2, 0.25) is 5.02 Å². The average molecular weight is 265 g/mol. The van der Waals surface area contributed by atoms with E-state index in [0.717, 1.165) is 49.1 Å². The first kappa shape index (κ1) is 12.0. The van der Waals surface area contributed by atoms with Gasteiger partial charge in [0.15, 0.2) is 5.58 Å². The maximum absolute atomic E-state index is 6.11. The highest BCUT2D eigenvalue weighted by molar-refractivity contribution is 6.34. The van der Waals surface area contributed by atoms with Gasteiger partial charge in [0.25, 0.3) is 0 Å². The third-order valence-corrected chi connectivity index (χ3v) is 4.20. The van der Waals surface area contributed by atoms with Crippen molar-refractivity contribution < 1.29 is 4.52 Å². The van der Waals surface area contributed by atoms with Gasteiger partial charge < -0.3 is 9.42 Å². The highest BCUT2D eigenvalue weighted by Gasteiger charge is 2.24. The van der Waals surface area contributed by atoms with Gasteiger partial charge in [-0.2, -0.15) is 0 Å². The van der Waals surface area contributed by atoms with Gasteiger partial charge >= 0.3 is 0 Å². The van der Waals surface area contributed by atoms with E-state index in [9.17, 15) is 0 Å². The Morgan fingerprint density at radius 3 is 2.89 bits per heavy atom. The molecule has 0 spiro atoms. The van der Waals surface area contributed by atoms with E-state index in [1.165, 1.54) is 0 Å². The van der Waals surface area contributed by atoms with Crippen molar-refractivity contribution in [2.45, 2.75) is 25.7 Å². The Labute approximate surface area is 112 Å². The van der Waals surface area contributed by atoms with Crippen LogP contribution in [0, 0.1) is 0 Å². The van der Waals surface area contributed by atoms with Crippen LogP contribution < -0.4 is 0 Å². The zero-order valence-electron chi connectivity index (χ0n) is 10.5. The molecule has 0 N–H and O–H groups in total. The second-order valence-electron chi connectivity index (χ2n) is 4.89. The number of para-hydroxylation sites is 1. The molecule has 1 saturated heterocycles. The Hall–Kier alpha value is -1.06. The molecule has 1 fully saturated rings. The van der Waals surface area contributed by atoms with Gasteiger partial charge in [0.05, 0.1) is 10.7 Å². The summed E-state index contributed by atoms with van der Waals surface area (Å²) in [5.41, 5.74) is 1.82. The summed E-state index contributed by atoms with van der Waals surface area (Å²) < 4.78 is 5.39. The summed E-state index contributed by atoms with van der Waals surface area (Å²) >= 11 is 6.11. The second-order valence-corrected chi connectivity index (χ2v) is 5.30. The van der Waals surface area contributed by atoms with Crippen LogP contribution in [0.25, 0.3) is 11.0 Å². The normalized spacial score (nSPS) is 18.6. The molecule has 1 aromatic carbocycles. The van der Waals surface area contributed by atoms with Crippen LogP contribution in [-0.2, 0) is 0 Å². The third kappa shape index (κ3) is 2.02. The first-order chi connectivity index (χ1) is 8.79. The monoisotopic (exact) mass is 264 g/mol. The van der Waals surface area contributed by atoms with E-state index in [2.05, 4.69) is 23.0 Å². The highest BCUT2D eigenvalue weighted by atomic mass is 35.5. The molecule has 1 aliphatic rings. The average Bonchev–Trinajstić information content (AvgIpc) is 2.84. The van der Waals surface area contributed by atoms with Crippen molar-refractivity contribution in [1.29, 1.82) is 0 Å². The van der Waals surface area contributed by atoms with Gasteiger partial charge in [0, 0.05) is 11.3 Å². The van der Waals surface area contributed by atoms with Crippen molar-refractivity contribution in [2.24, 2.45) is 0 Å². The first-order valence-electron chi connectivity index (χ1n) is 6.55. The Morgan fingerprint density at radius 2 is 2.17 bits per heavy atom. The van der Waals surface area contributed by atoms with E-state index in [1.54, 1.807) is 0 Å². The fourth-order valence-corrected chi connectivity index (χ4v) is 2.97. The largest absolute Gasteiger partial charge is 0.354 e. The predicted molar refractivity (Wildman–Crippen MR) is 73.1 cm³/mol. The molecular weight excluding hydrogens is 248 g/mol. The summed E-state index contributed by atoms with van der Waals surface area (Å²) in [7, 11) is 0. The van der Waals surface area contributed by atoms with Crippen molar-refractivity contribution >= 4 is 22.6 Å². The highest BCUT2D eigenvalue weighted by Crippen LogP contribution is 2.34. The van der Waals surface area contributed by atoms with Crippen molar-refractivity contribution in [3.05, 3.63) is 28.9 Å². The van der Waals surface area contributed by atoms with Gasteiger partial charge in [0.2, 0.25) is 0 Å². The van der Waals surface area contributed by atoms with Crippen molar-refractivity contribution in [3.8, 4) is 0 Å². The maximum Gasteiger partial charge on any atom is 0.185 e. The number of nitrogens with zero attached hydrogens (tertiary/aromatic N) is 2. The van der Waals surface area contributed by atoms with E-state index in [4.69, 9.17) is 16.1 Å². The molecule has 0 amide bonds. The number of fused-ring (bicyclic) bond motifs is 1. The van der Waals surface area contributed by atoms with Crippen LogP contribution in [0.3, 0.4) is 0 Å². The molecule has 0 saturated carbocycles. The zero-order chi connectivity index (χ0) is 12.5. The van der Waals surface area contributed by atoms with Gasteiger partial charge in [0.1, 0.15) is 0 Å². The SMILES string of the molecule is CCN1CCC(c2noc3c(Cl)cccc23)CC1. The number of hydrogen-bond acceptors (Lipinski definition) is 3. The lowest BCUT2D eigenvalue weighted by molar-refractivity contribution is 0.219. The van der Waals surface area contributed by atoms with Crippen LogP contribution in [-0.4, -0.2) is 29.7 Å². The topological polar surface area (TPSA) is 29.3 Å². The molecule has 0 unspecified atom stereocenters. The molecule has 0 bridgehead atoms. The number of halogens is 1. The van der Waals surface area contributed by atoms with E-state index in [1.807, 2.05) is 12.1 Å².